The van der Waals surface area contributed by atoms with Gasteiger partial charge in [-0.15, -0.1) is 0 Å². The fourth-order valence-electron chi connectivity index (χ4n) is 2.57. The Balaban J connectivity index is 1.89. The molecule has 1 aromatic heterocycles. The molecule has 0 spiro atoms. The second-order valence-corrected chi connectivity index (χ2v) is 6.91. The van der Waals surface area contributed by atoms with Crippen LogP contribution in [0, 0.1) is 0 Å². The number of anilines is 1. The van der Waals surface area contributed by atoms with E-state index in [4.69, 9.17) is 11.6 Å². The van der Waals surface area contributed by atoms with Crippen LogP contribution in [0.5, 0.6) is 0 Å². The van der Waals surface area contributed by atoms with Gasteiger partial charge in [-0.05, 0) is 55.8 Å². The molecule has 2 aromatic carbocycles. The average molecular weight is 367 g/mol. The summed E-state index contributed by atoms with van der Waals surface area (Å²) in [4.78, 5) is 17.0. The Morgan fingerprint density at radius 2 is 1.88 bits per heavy atom. The second kappa shape index (κ2) is 7.28. The van der Waals surface area contributed by atoms with Crippen molar-refractivity contribution in [2.45, 2.75) is 19.4 Å². The molecule has 4 nitrogen and oxygen atoms in total. The zero-order valence-electron chi connectivity index (χ0n) is 14.5. The molecule has 0 saturated heterocycles. The zero-order valence-corrected chi connectivity index (χ0v) is 15.3. The Morgan fingerprint density at radius 1 is 1.08 bits per heavy atom. The number of carbonyl (C=O) groups excluding carboxylic acids is 1. The molecule has 1 heterocycles. The van der Waals surface area contributed by atoms with Gasteiger partial charge in [0.2, 0.25) is 0 Å². The third-order valence-electron chi connectivity index (χ3n) is 4.00. The van der Waals surface area contributed by atoms with Gasteiger partial charge in [0, 0.05) is 17.4 Å². The third kappa shape index (κ3) is 4.10. The minimum atomic E-state index is -0.989. The summed E-state index contributed by atoms with van der Waals surface area (Å²) >= 11 is 6.23. The van der Waals surface area contributed by atoms with Crippen molar-refractivity contribution < 1.29 is 9.90 Å². The summed E-state index contributed by atoms with van der Waals surface area (Å²) in [5.41, 5.74) is 2.26. The van der Waals surface area contributed by atoms with E-state index in [9.17, 15) is 9.90 Å². The quantitative estimate of drug-likeness (QED) is 0.691. The molecule has 132 valence electrons. The lowest BCUT2D eigenvalue weighted by Gasteiger charge is -2.18. The Bertz CT molecular complexity index is 934. The van der Waals surface area contributed by atoms with E-state index in [-0.39, 0.29) is 5.91 Å². The van der Waals surface area contributed by atoms with Crippen LogP contribution in [0.3, 0.4) is 0 Å². The number of hydrogen-bond acceptors (Lipinski definition) is 3. The van der Waals surface area contributed by atoms with Crippen LogP contribution in [0.1, 0.15) is 29.8 Å². The van der Waals surface area contributed by atoms with E-state index in [1.807, 2.05) is 30.3 Å². The summed E-state index contributed by atoms with van der Waals surface area (Å²) in [7, 11) is 0. The minimum absolute atomic E-state index is 0.319. The lowest BCUT2D eigenvalue weighted by Crippen LogP contribution is -2.17. The first-order valence-electron chi connectivity index (χ1n) is 8.20. The molecular formula is C21H19ClN2O2. The molecular weight excluding hydrogens is 348 g/mol. The van der Waals surface area contributed by atoms with Gasteiger partial charge in [0.25, 0.3) is 5.91 Å². The number of hydrogen-bond donors (Lipinski definition) is 2. The maximum Gasteiger partial charge on any atom is 0.257 e. The van der Waals surface area contributed by atoms with E-state index in [2.05, 4.69) is 10.3 Å². The largest absolute Gasteiger partial charge is 0.386 e. The van der Waals surface area contributed by atoms with E-state index in [1.165, 1.54) is 0 Å². The Labute approximate surface area is 157 Å². The number of rotatable bonds is 4. The molecule has 2 N–H and O–H groups in total. The summed E-state index contributed by atoms with van der Waals surface area (Å²) in [6, 6.07) is 17.9. The number of nitrogens with one attached hydrogen (secondary N) is 1. The minimum Gasteiger partial charge on any atom is -0.386 e. The van der Waals surface area contributed by atoms with E-state index >= 15 is 0 Å². The molecule has 0 atom stereocenters. The maximum absolute atomic E-state index is 12.7. The van der Waals surface area contributed by atoms with Crippen LogP contribution in [-0.4, -0.2) is 16.0 Å². The highest BCUT2D eigenvalue weighted by molar-refractivity contribution is 6.34. The monoisotopic (exact) mass is 366 g/mol. The van der Waals surface area contributed by atoms with Crippen molar-refractivity contribution in [2.75, 3.05) is 5.32 Å². The highest BCUT2D eigenvalue weighted by Crippen LogP contribution is 2.26. The van der Waals surface area contributed by atoms with Gasteiger partial charge in [-0.3, -0.25) is 9.78 Å². The number of benzene rings is 2. The Hall–Kier alpha value is -2.69. The lowest BCUT2D eigenvalue weighted by molar-refractivity contribution is 0.0786. The second-order valence-electron chi connectivity index (χ2n) is 6.50. The van der Waals surface area contributed by atoms with Crippen LogP contribution < -0.4 is 5.32 Å². The van der Waals surface area contributed by atoms with Gasteiger partial charge in [0.05, 0.1) is 21.9 Å². The standard InChI is InChI=1S/C21H19ClN2O2/c1-21(2,26)15-6-5-7-16(13-15)24-20(25)17-12-14(9-10-18(17)22)19-8-3-4-11-23-19/h3-13,26H,1-2H3,(H,24,25). The van der Waals surface area contributed by atoms with Gasteiger partial charge in [0.15, 0.2) is 0 Å². The van der Waals surface area contributed by atoms with Crippen LogP contribution in [0.4, 0.5) is 5.69 Å². The van der Waals surface area contributed by atoms with Crippen molar-refractivity contribution in [3.05, 3.63) is 83.0 Å². The molecule has 0 saturated carbocycles. The topological polar surface area (TPSA) is 62.2 Å². The molecule has 26 heavy (non-hydrogen) atoms. The number of pyridine rings is 1. The van der Waals surface area contributed by atoms with Crippen molar-refractivity contribution in [1.82, 2.24) is 4.98 Å². The van der Waals surface area contributed by atoms with Gasteiger partial charge in [-0.1, -0.05) is 35.9 Å². The molecule has 0 bridgehead atoms. The highest BCUT2D eigenvalue weighted by Gasteiger charge is 2.17. The molecule has 1 amide bonds. The molecule has 0 aliphatic heterocycles. The lowest BCUT2D eigenvalue weighted by atomic mass is 9.98. The maximum atomic E-state index is 12.7. The highest BCUT2D eigenvalue weighted by atomic mass is 35.5. The number of carbonyl (C=O) groups is 1. The van der Waals surface area contributed by atoms with Gasteiger partial charge in [-0.25, -0.2) is 0 Å². The van der Waals surface area contributed by atoms with Crippen molar-refractivity contribution in [3.8, 4) is 11.3 Å². The fraction of sp³-hybridized carbons (Fsp3) is 0.143. The van der Waals surface area contributed by atoms with Gasteiger partial charge < -0.3 is 10.4 Å². The Morgan fingerprint density at radius 3 is 2.58 bits per heavy atom. The van der Waals surface area contributed by atoms with Gasteiger partial charge in [0.1, 0.15) is 0 Å². The van der Waals surface area contributed by atoms with E-state index in [0.717, 1.165) is 11.3 Å². The van der Waals surface area contributed by atoms with Crippen LogP contribution in [0.2, 0.25) is 5.02 Å². The van der Waals surface area contributed by atoms with Crippen molar-refractivity contribution in [3.63, 3.8) is 0 Å². The first kappa shape index (κ1) is 18.1. The van der Waals surface area contributed by atoms with Gasteiger partial charge in [-0.2, -0.15) is 0 Å². The van der Waals surface area contributed by atoms with Crippen LogP contribution >= 0.6 is 11.6 Å². The molecule has 5 heteroatoms. The average Bonchev–Trinajstić information content (AvgIpc) is 2.62. The van der Waals surface area contributed by atoms with E-state index < -0.39 is 5.60 Å². The van der Waals surface area contributed by atoms with Crippen LogP contribution in [0.15, 0.2) is 66.9 Å². The van der Waals surface area contributed by atoms with E-state index in [1.54, 1.807) is 50.4 Å². The fourth-order valence-corrected chi connectivity index (χ4v) is 2.77. The van der Waals surface area contributed by atoms with Crippen molar-refractivity contribution >= 4 is 23.2 Å². The molecule has 0 aliphatic carbocycles. The predicted molar refractivity (Wildman–Crippen MR) is 104 cm³/mol. The summed E-state index contributed by atoms with van der Waals surface area (Å²) < 4.78 is 0. The first-order valence-corrected chi connectivity index (χ1v) is 8.57. The number of nitrogens with zero attached hydrogens (tertiary/aromatic N) is 1. The van der Waals surface area contributed by atoms with Crippen LogP contribution in [-0.2, 0) is 5.60 Å². The summed E-state index contributed by atoms with van der Waals surface area (Å²) in [6.45, 7) is 3.39. The molecule has 0 fully saturated rings. The predicted octanol–water partition coefficient (Wildman–Crippen LogP) is 4.88. The van der Waals surface area contributed by atoms with E-state index in [0.29, 0.717) is 21.8 Å². The molecule has 3 rings (SSSR count). The summed E-state index contributed by atoms with van der Waals surface area (Å²) in [5.74, 6) is -0.319. The number of amides is 1. The Kier molecular flexibility index (Phi) is 5.07. The summed E-state index contributed by atoms with van der Waals surface area (Å²) in [5, 5.41) is 13.3. The number of aromatic nitrogens is 1. The van der Waals surface area contributed by atoms with Crippen molar-refractivity contribution in [1.29, 1.82) is 0 Å². The molecule has 0 radical (unpaired) electrons. The zero-order chi connectivity index (χ0) is 18.7. The molecule has 0 aliphatic rings. The molecule has 0 unspecified atom stereocenters. The first-order chi connectivity index (χ1) is 12.3. The number of aliphatic hydroxyl groups is 1. The van der Waals surface area contributed by atoms with Crippen LogP contribution in [0.25, 0.3) is 11.3 Å². The van der Waals surface area contributed by atoms with Gasteiger partial charge >= 0.3 is 0 Å². The normalized spacial score (nSPS) is 11.2. The third-order valence-corrected chi connectivity index (χ3v) is 4.33. The van der Waals surface area contributed by atoms with Crippen molar-refractivity contribution in [2.24, 2.45) is 0 Å². The SMILES string of the molecule is CC(C)(O)c1cccc(NC(=O)c2cc(-c3ccccn3)ccc2Cl)c1. The summed E-state index contributed by atoms with van der Waals surface area (Å²) in [6.07, 6.45) is 1.70. The smallest absolute Gasteiger partial charge is 0.257 e. The molecule has 3 aromatic rings. The number of halogens is 1.